The van der Waals surface area contributed by atoms with Gasteiger partial charge in [-0.25, -0.2) is 0 Å². The molecule has 0 unspecified atom stereocenters. The summed E-state index contributed by atoms with van der Waals surface area (Å²) < 4.78 is 0. The number of aliphatic hydroxyl groups is 1. The number of anilines is 1. The molecule has 0 aliphatic heterocycles. The van der Waals surface area contributed by atoms with Gasteiger partial charge in [0.05, 0.1) is 12.2 Å². The predicted molar refractivity (Wildman–Crippen MR) is 75.8 cm³/mol. The number of benzene rings is 1. The summed E-state index contributed by atoms with van der Waals surface area (Å²) in [6, 6.07) is 7.38. The Kier molecular flexibility index (Phi) is 4.80. The van der Waals surface area contributed by atoms with Gasteiger partial charge in [0.1, 0.15) is 0 Å². The Morgan fingerprint density at radius 3 is 2.58 bits per heavy atom. The van der Waals surface area contributed by atoms with Gasteiger partial charge < -0.3 is 15.7 Å². The van der Waals surface area contributed by atoms with E-state index in [0.29, 0.717) is 17.8 Å². The van der Waals surface area contributed by atoms with Crippen LogP contribution in [0.15, 0.2) is 24.3 Å². The minimum Gasteiger partial charge on any atom is -0.398 e. The molecule has 0 heterocycles. The number of carbonyl (C=O) groups is 1. The first-order chi connectivity index (χ1) is 9.24. The summed E-state index contributed by atoms with van der Waals surface area (Å²) in [5.41, 5.74) is 6.92. The summed E-state index contributed by atoms with van der Waals surface area (Å²) in [6.07, 6.45) is 5.61. The SMILES string of the molecule is Nc1ccccc1C(=O)N(CCO)C1CCCCC1. The van der Waals surface area contributed by atoms with E-state index in [2.05, 4.69) is 0 Å². The summed E-state index contributed by atoms with van der Waals surface area (Å²) in [7, 11) is 0. The summed E-state index contributed by atoms with van der Waals surface area (Å²) in [5, 5.41) is 9.21. The number of aliphatic hydroxyl groups excluding tert-OH is 1. The van der Waals surface area contributed by atoms with Gasteiger partial charge in [-0.05, 0) is 25.0 Å². The Bertz CT molecular complexity index is 428. The number of rotatable bonds is 4. The van der Waals surface area contributed by atoms with Crippen LogP contribution in [0.3, 0.4) is 0 Å². The third-order valence-corrected chi connectivity index (χ3v) is 3.81. The van der Waals surface area contributed by atoms with Crippen molar-refractivity contribution in [3.05, 3.63) is 29.8 Å². The van der Waals surface area contributed by atoms with E-state index in [1.54, 1.807) is 17.0 Å². The van der Waals surface area contributed by atoms with Crippen molar-refractivity contribution < 1.29 is 9.90 Å². The van der Waals surface area contributed by atoms with Crippen LogP contribution in [-0.2, 0) is 0 Å². The van der Waals surface area contributed by atoms with Crippen molar-refractivity contribution in [1.82, 2.24) is 4.90 Å². The van der Waals surface area contributed by atoms with Gasteiger partial charge in [-0.1, -0.05) is 31.4 Å². The maximum absolute atomic E-state index is 12.6. The quantitative estimate of drug-likeness (QED) is 0.816. The molecule has 1 aliphatic carbocycles. The fourth-order valence-corrected chi connectivity index (χ4v) is 2.80. The van der Waals surface area contributed by atoms with Crippen molar-refractivity contribution in [1.29, 1.82) is 0 Å². The molecule has 0 radical (unpaired) electrons. The molecule has 2 rings (SSSR count). The lowest BCUT2D eigenvalue weighted by atomic mass is 9.93. The Labute approximate surface area is 114 Å². The highest BCUT2D eigenvalue weighted by Gasteiger charge is 2.26. The first-order valence-corrected chi connectivity index (χ1v) is 7.00. The monoisotopic (exact) mass is 262 g/mol. The smallest absolute Gasteiger partial charge is 0.256 e. The zero-order chi connectivity index (χ0) is 13.7. The van der Waals surface area contributed by atoms with Crippen LogP contribution in [0.5, 0.6) is 0 Å². The second-order valence-corrected chi connectivity index (χ2v) is 5.10. The molecule has 1 saturated carbocycles. The summed E-state index contributed by atoms with van der Waals surface area (Å²) in [5.74, 6) is -0.0564. The van der Waals surface area contributed by atoms with Gasteiger partial charge in [0.2, 0.25) is 0 Å². The lowest BCUT2D eigenvalue weighted by molar-refractivity contribution is 0.0586. The largest absolute Gasteiger partial charge is 0.398 e. The van der Waals surface area contributed by atoms with E-state index in [9.17, 15) is 9.90 Å². The second kappa shape index (κ2) is 6.57. The molecule has 104 valence electrons. The molecule has 1 aromatic carbocycles. The lowest BCUT2D eigenvalue weighted by Crippen LogP contribution is -2.43. The van der Waals surface area contributed by atoms with Gasteiger partial charge in [0, 0.05) is 18.3 Å². The van der Waals surface area contributed by atoms with Crippen molar-refractivity contribution in [2.24, 2.45) is 0 Å². The number of para-hydroxylation sites is 1. The van der Waals surface area contributed by atoms with Crippen LogP contribution in [0, 0.1) is 0 Å². The summed E-state index contributed by atoms with van der Waals surface area (Å²) in [6.45, 7) is 0.382. The summed E-state index contributed by atoms with van der Waals surface area (Å²) >= 11 is 0. The van der Waals surface area contributed by atoms with Gasteiger partial charge in [0.15, 0.2) is 0 Å². The standard InChI is InChI=1S/C15H22N2O2/c16-14-9-5-4-8-13(14)15(19)17(10-11-18)12-6-2-1-3-7-12/h4-5,8-9,12,18H,1-3,6-7,10-11,16H2. The van der Waals surface area contributed by atoms with E-state index in [4.69, 9.17) is 5.73 Å². The third kappa shape index (κ3) is 3.26. The van der Waals surface area contributed by atoms with Crippen LogP contribution in [0.25, 0.3) is 0 Å². The van der Waals surface area contributed by atoms with E-state index >= 15 is 0 Å². The molecule has 1 fully saturated rings. The highest BCUT2D eigenvalue weighted by molar-refractivity contribution is 5.99. The van der Waals surface area contributed by atoms with Crippen LogP contribution >= 0.6 is 0 Å². The van der Waals surface area contributed by atoms with E-state index in [0.717, 1.165) is 25.7 Å². The average Bonchev–Trinajstić information content (AvgIpc) is 2.45. The molecule has 19 heavy (non-hydrogen) atoms. The van der Waals surface area contributed by atoms with Crippen molar-refractivity contribution in [2.45, 2.75) is 38.1 Å². The molecule has 1 aliphatic rings. The maximum atomic E-state index is 12.6. The van der Waals surface area contributed by atoms with Crippen LogP contribution in [-0.4, -0.2) is 35.1 Å². The third-order valence-electron chi connectivity index (χ3n) is 3.81. The molecule has 0 atom stereocenters. The number of hydrogen-bond acceptors (Lipinski definition) is 3. The fraction of sp³-hybridized carbons (Fsp3) is 0.533. The topological polar surface area (TPSA) is 66.6 Å². The zero-order valence-corrected chi connectivity index (χ0v) is 11.2. The van der Waals surface area contributed by atoms with Crippen LogP contribution in [0.1, 0.15) is 42.5 Å². The number of nitrogens with zero attached hydrogens (tertiary/aromatic N) is 1. The predicted octanol–water partition coefficient (Wildman–Crippen LogP) is 2.04. The maximum Gasteiger partial charge on any atom is 0.256 e. The zero-order valence-electron chi connectivity index (χ0n) is 11.2. The normalized spacial score (nSPS) is 16.3. The molecule has 0 aromatic heterocycles. The number of carbonyl (C=O) groups excluding carboxylic acids is 1. The van der Waals surface area contributed by atoms with Gasteiger partial charge in [-0.15, -0.1) is 0 Å². The van der Waals surface area contributed by atoms with Crippen LogP contribution < -0.4 is 5.73 Å². The van der Waals surface area contributed by atoms with Crippen molar-refractivity contribution >= 4 is 11.6 Å². The van der Waals surface area contributed by atoms with E-state index < -0.39 is 0 Å². The van der Waals surface area contributed by atoms with Crippen molar-refractivity contribution in [3.8, 4) is 0 Å². The molecule has 0 bridgehead atoms. The fourth-order valence-electron chi connectivity index (χ4n) is 2.80. The molecule has 0 spiro atoms. The van der Waals surface area contributed by atoms with Crippen LogP contribution in [0.2, 0.25) is 0 Å². The first-order valence-electron chi connectivity index (χ1n) is 7.00. The molecule has 4 heteroatoms. The van der Waals surface area contributed by atoms with Gasteiger partial charge in [-0.2, -0.15) is 0 Å². The molecular formula is C15H22N2O2. The van der Waals surface area contributed by atoms with Crippen molar-refractivity contribution in [3.63, 3.8) is 0 Å². The van der Waals surface area contributed by atoms with Crippen molar-refractivity contribution in [2.75, 3.05) is 18.9 Å². The lowest BCUT2D eigenvalue weighted by Gasteiger charge is -2.34. The minimum absolute atomic E-state index is 0.00498. The molecule has 4 nitrogen and oxygen atoms in total. The summed E-state index contributed by atoms with van der Waals surface area (Å²) in [4.78, 5) is 14.4. The van der Waals surface area contributed by atoms with E-state index in [-0.39, 0.29) is 18.6 Å². The highest BCUT2D eigenvalue weighted by Crippen LogP contribution is 2.25. The van der Waals surface area contributed by atoms with E-state index in [1.165, 1.54) is 6.42 Å². The Morgan fingerprint density at radius 1 is 1.26 bits per heavy atom. The first kappa shape index (κ1) is 13.9. The van der Waals surface area contributed by atoms with Crippen LogP contribution in [0.4, 0.5) is 5.69 Å². The Hall–Kier alpha value is -1.55. The van der Waals surface area contributed by atoms with Gasteiger partial charge in [0.25, 0.3) is 5.91 Å². The molecule has 1 aromatic rings. The van der Waals surface area contributed by atoms with Gasteiger partial charge >= 0.3 is 0 Å². The number of nitrogens with two attached hydrogens (primary N) is 1. The molecular weight excluding hydrogens is 240 g/mol. The number of nitrogen functional groups attached to an aromatic ring is 1. The average molecular weight is 262 g/mol. The van der Waals surface area contributed by atoms with E-state index in [1.807, 2.05) is 12.1 Å². The molecule has 3 N–H and O–H groups in total. The second-order valence-electron chi connectivity index (χ2n) is 5.10. The molecule has 1 amide bonds. The Morgan fingerprint density at radius 2 is 1.95 bits per heavy atom. The molecule has 0 saturated heterocycles. The highest BCUT2D eigenvalue weighted by atomic mass is 16.3. The minimum atomic E-state index is -0.0564. The van der Waals surface area contributed by atoms with Gasteiger partial charge in [-0.3, -0.25) is 4.79 Å². The number of hydrogen-bond donors (Lipinski definition) is 2. The Balaban J connectivity index is 2.18. The number of amides is 1.